The van der Waals surface area contributed by atoms with Crippen LogP contribution in [0, 0.1) is 10.1 Å². The summed E-state index contributed by atoms with van der Waals surface area (Å²) < 4.78 is 6.04. The van der Waals surface area contributed by atoms with E-state index in [0.29, 0.717) is 5.56 Å². The quantitative estimate of drug-likeness (QED) is 0.523. The Bertz CT molecular complexity index is 903. The highest BCUT2D eigenvalue weighted by Gasteiger charge is 2.12. The number of benzene rings is 2. The third kappa shape index (κ3) is 2.55. The van der Waals surface area contributed by atoms with Gasteiger partial charge in [0.2, 0.25) is 5.89 Å². The van der Waals surface area contributed by atoms with E-state index in [4.69, 9.17) is 4.42 Å². The van der Waals surface area contributed by atoms with Crippen molar-refractivity contribution in [2.75, 3.05) is 0 Å². The van der Waals surface area contributed by atoms with Gasteiger partial charge >= 0.3 is 5.63 Å². The Hall–Kier alpha value is -2.54. The van der Waals surface area contributed by atoms with E-state index in [9.17, 15) is 14.9 Å². The molecule has 0 aliphatic carbocycles. The normalized spacial score (nSPS) is 10.7. The van der Waals surface area contributed by atoms with Gasteiger partial charge < -0.3 is 4.42 Å². The van der Waals surface area contributed by atoms with E-state index in [1.165, 1.54) is 18.2 Å². The summed E-state index contributed by atoms with van der Waals surface area (Å²) in [5, 5.41) is 11.0. The first-order valence-corrected chi connectivity index (χ1v) is 6.69. The average molecular weight is 347 g/mol. The lowest BCUT2D eigenvalue weighted by atomic mass is 10.2. The van der Waals surface area contributed by atoms with Crippen molar-refractivity contribution in [1.29, 1.82) is 0 Å². The number of nitro benzene ring substituents is 1. The molecule has 0 spiro atoms. The molecule has 3 aromatic rings. The Morgan fingerprint density at radius 2 is 1.86 bits per heavy atom. The van der Waals surface area contributed by atoms with Crippen LogP contribution in [0.5, 0.6) is 0 Å². The standard InChI is InChI=1S/C14H7BrN2O4/c15-9-3-1-8(2-4-9)13-16-12-7-10(17(19)20)5-6-11(12)14(18)21-13/h1-7H. The summed E-state index contributed by atoms with van der Waals surface area (Å²) in [7, 11) is 0. The van der Waals surface area contributed by atoms with E-state index in [-0.39, 0.29) is 22.5 Å². The van der Waals surface area contributed by atoms with Crippen LogP contribution in [0.4, 0.5) is 5.69 Å². The largest absolute Gasteiger partial charge is 0.403 e. The molecule has 6 nitrogen and oxygen atoms in total. The second-order valence-electron chi connectivity index (χ2n) is 4.27. The highest BCUT2D eigenvalue weighted by atomic mass is 79.9. The number of halogens is 1. The van der Waals surface area contributed by atoms with Gasteiger partial charge in [0, 0.05) is 22.2 Å². The second-order valence-corrected chi connectivity index (χ2v) is 5.19. The summed E-state index contributed by atoms with van der Waals surface area (Å²) in [6.45, 7) is 0. The van der Waals surface area contributed by atoms with Crippen molar-refractivity contribution in [3.05, 3.63) is 67.5 Å². The minimum atomic E-state index is -0.576. The maximum absolute atomic E-state index is 11.9. The highest BCUT2D eigenvalue weighted by molar-refractivity contribution is 9.10. The number of aromatic nitrogens is 1. The van der Waals surface area contributed by atoms with Crippen molar-refractivity contribution < 1.29 is 9.34 Å². The molecule has 0 unspecified atom stereocenters. The van der Waals surface area contributed by atoms with Gasteiger partial charge in [-0.25, -0.2) is 9.78 Å². The second kappa shape index (κ2) is 5.10. The molecular formula is C14H7BrN2O4. The van der Waals surface area contributed by atoms with Crippen LogP contribution in [-0.2, 0) is 0 Å². The lowest BCUT2D eigenvalue weighted by Crippen LogP contribution is -2.03. The summed E-state index contributed by atoms with van der Waals surface area (Å²) in [5.41, 5.74) is 0.150. The Morgan fingerprint density at radius 1 is 1.14 bits per heavy atom. The number of nitrogens with zero attached hydrogens (tertiary/aromatic N) is 2. The molecule has 0 amide bonds. The van der Waals surface area contributed by atoms with Crippen molar-refractivity contribution in [2.24, 2.45) is 0 Å². The van der Waals surface area contributed by atoms with Crippen LogP contribution in [0.25, 0.3) is 22.4 Å². The lowest BCUT2D eigenvalue weighted by molar-refractivity contribution is -0.384. The van der Waals surface area contributed by atoms with Crippen molar-refractivity contribution in [1.82, 2.24) is 4.98 Å². The zero-order valence-corrected chi connectivity index (χ0v) is 12.0. The molecule has 0 aliphatic rings. The fourth-order valence-corrected chi connectivity index (χ4v) is 2.15. The molecule has 0 saturated carbocycles. The smallest absolute Gasteiger partial charge is 0.347 e. The molecule has 21 heavy (non-hydrogen) atoms. The molecule has 1 aromatic heterocycles. The van der Waals surface area contributed by atoms with Crippen molar-refractivity contribution in [3.8, 4) is 11.5 Å². The summed E-state index contributed by atoms with van der Waals surface area (Å²) in [5.74, 6) is 0.125. The number of hydrogen-bond donors (Lipinski definition) is 0. The van der Waals surface area contributed by atoms with Gasteiger partial charge in [-0.2, -0.15) is 0 Å². The fraction of sp³-hybridized carbons (Fsp3) is 0. The molecule has 0 aliphatic heterocycles. The minimum absolute atomic E-state index is 0.123. The summed E-state index contributed by atoms with van der Waals surface area (Å²) in [4.78, 5) is 26.4. The molecule has 104 valence electrons. The Morgan fingerprint density at radius 3 is 2.52 bits per heavy atom. The first kappa shape index (κ1) is 13.4. The first-order chi connectivity index (χ1) is 10.0. The van der Waals surface area contributed by atoms with Crippen LogP contribution >= 0.6 is 15.9 Å². The number of fused-ring (bicyclic) bond motifs is 1. The number of non-ortho nitro benzene ring substituents is 1. The maximum atomic E-state index is 11.9. The van der Waals surface area contributed by atoms with E-state index in [2.05, 4.69) is 20.9 Å². The molecule has 0 radical (unpaired) electrons. The van der Waals surface area contributed by atoms with Crippen LogP contribution in [0.2, 0.25) is 0 Å². The van der Waals surface area contributed by atoms with Crippen molar-refractivity contribution in [3.63, 3.8) is 0 Å². The average Bonchev–Trinajstić information content (AvgIpc) is 2.47. The van der Waals surface area contributed by atoms with Crippen LogP contribution < -0.4 is 5.63 Å². The molecular weight excluding hydrogens is 340 g/mol. The summed E-state index contributed by atoms with van der Waals surface area (Å²) >= 11 is 3.31. The molecule has 0 fully saturated rings. The van der Waals surface area contributed by atoms with Gasteiger partial charge in [-0.3, -0.25) is 10.1 Å². The molecule has 0 N–H and O–H groups in total. The lowest BCUT2D eigenvalue weighted by Gasteiger charge is -2.02. The van der Waals surface area contributed by atoms with E-state index in [0.717, 1.165) is 4.47 Å². The van der Waals surface area contributed by atoms with E-state index in [1.807, 2.05) is 0 Å². The van der Waals surface area contributed by atoms with E-state index in [1.54, 1.807) is 24.3 Å². The maximum Gasteiger partial charge on any atom is 0.347 e. The predicted octanol–water partition coefficient (Wildman–Crippen LogP) is 3.53. The number of nitro groups is 1. The van der Waals surface area contributed by atoms with Gasteiger partial charge in [0.25, 0.3) is 5.69 Å². The molecule has 7 heteroatoms. The molecule has 0 atom stereocenters. The third-order valence-corrected chi connectivity index (χ3v) is 3.44. The van der Waals surface area contributed by atoms with E-state index < -0.39 is 10.5 Å². The molecule has 0 saturated heterocycles. The van der Waals surface area contributed by atoms with Crippen LogP contribution in [0.1, 0.15) is 0 Å². The Kier molecular flexibility index (Phi) is 3.26. The zero-order chi connectivity index (χ0) is 15.0. The number of hydrogen-bond acceptors (Lipinski definition) is 5. The van der Waals surface area contributed by atoms with Crippen LogP contribution in [0.15, 0.2) is 56.1 Å². The molecule has 3 rings (SSSR count). The fourth-order valence-electron chi connectivity index (χ4n) is 1.89. The van der Waals surface area contributed by atoms with Gasteiger partial charge in [-0.1, -0.05) is 15.9 Å². The molecule has 0 bridgehead atoms. The van der Waals surface area contributed by atoms with Crippen LogP contribution in [-0.4, -0.2) is 9.91 Å². The van der Waals surface area contributed by atoms with Gasteiger partial charge in [0.05, 0.1) is 15.8 Å². The Balaban J connectivity index is 2.23. The van der Waals surface area contributed by atoms with Crippen LogP contribution in [0.3, 0.4) is 0 Å². The Labute approximate surface area is 126 Å². The van der Waals surface area contributed by atoms with Crippen molar-refractivity contribution in [2.45, 2.75) is 0 Å². The number of rotatable bonds is 2. The van der Waals surface area contributed by atoms with E-state index >= 15 is 0 Å². The SMILES string of the molecule is O=c1oc(-c2ccc(Br)cc2)nc2cc([N+](=O)[O-])ccc12. The monoisotopic (exact) mass is 346 g/mol. The van der Waals surface area contributed by atoms with Gasteiger partial charge in [-0.05, 0) is 30.3 Å². The first-order valence-electron chi connectivity index (χ1n) is 5.90. The van der Waals surface area contributed by atoms with Gasteiger partial charge in [-0.15, -0.1) is 0 Å². The van der Waals surface area contributed by atoms with Gasteiger partial charge in [0.15, 0.2) is 0 Å². The highest BCUT2D eigenvalue weighted by Crippen LogP contribution is 2.22. The summed E-state index contributed by atoms with van der Waals surface area (Å²) in [6, 6.07) is 10.9. The van der Waals surface area contributed by atoms with Gasteiger partial charge in [0.1, 0.15) is 0 Å². The molecule has 2 aromatic carbocycles. The molecule has 1 heterocycles. The summed E-state index contributed by atoms with van der Waals surface area (Å²) in [6.07, 6.45) is 0. The predicted molar refractivity (Wildman–Crippen MR) is 80.1 cm³/mol. The topological polar surface area (TPSA) is 86.2 Å². The third-order valence-electron chi connectivity index (χ3n) is 2.91. The minimum Gasteiger partial charge on any atom is -0.403 e. The zero-order valence-electron chi connectivity index (χ0n) is 10.4. The van der Waals surface area contributed by atoms with Crippen molar-refractivity contribution >= 4 is 32.5 Å².